The molecule has 0 saturated carbocycles. The van der Waals surface area contributed by atoms with Crippen molar-refractivity contribution in [2.45, 2.75) is 64.1 Å². The molecular weight excluding hydrogens is 473 g/mol. The van der Waals surface area contributed by atoms with E-state index in [9.17, 15) is 18.8 Å². The molecule has 1 aromatic rings. The smallest absolute Gasteiger partial charge is 0.412 e. The third-order valence-electron chi connectivity index (χ3n) is 5.52. The van der Waals surface area contributed by atoms with Gasteiger partial charge in [-0.2, -0.15) is 4.98 Å². The van der Waals surface area contributed by atoms with Gasteiger partial charge < -0.3 is 23.7 Å². The van der Waals surface area contributed by atoms with Crippen LogP contribution in [0.3, 0.4) is 0 Å². The Morgan fingerprint density at radius 2 is 2.12 bits per heavy atom. The average molecular weight is 504 g/mol. The molecule has 0 spiro atoms. The highest BCUT2D eigenvalue weighted by Gasteiger charge is 2.56. The Morgan fingerprint density at radius 1 is 1.38 bits per heavy atom. The van der Waals surface area contributed by atoms with Crippen LogP contribution < -0.4 is 11.0 Å². The van der Waals surface area contributed by atoms with Gasteiger partial charge in [-0.05, 0) is 27.2 Å². The lowest BCUT2D eigenvalue weighted by Crippen LogP contribution is -2.59. The number of carbonyl (C=O) groups is 2. The van der Waals surface area contributed by atoms with E-state index in [1.165, 1.54) is 18.9 Å². The van der Waals surface area contributed by atoms with Gasteiger partial charge in [0.2, 0.25) is 0 Å². The van der Waals surface area contributed by atoms with E-state index < -0.39 is 58.4 Å². The SMILES string of the molecule is CCCCOC(=O)Nc1nc(=O)n([C@H]2CS[C@@H](C3OC(C)(C)OCC3(C)C(=O)OC)O2)cc1F. The van der Waals surface area contributed by atoms with E-state index >= 15 is 0 Å². The summed E-state index contributed by atoms with van der Waals surface area (Å²) in [7, 11) is 1.28. The molecule has 2 fully saturated rings. The number of nitrogens with zero attached hydrogens (tertiary/aromatic N) is 2. The number of hydrogen-bond donors (Lipinski definition) is 1. The number of carbonyl (C=O) groups excluding carboxylic acids is 2. The third-order valence-corrected chi connectivity index (χ3v) is 6.68. The van der Waals surface area contributed by atoms with Crippen LogP contribution in [0.25, 0.3) is 0 Å². The first kappa shape index (κ1) is 26.4. The van der Waals surface area contributed by atoms with Crippen LogP contribution in [-0.2, 0) is 28.5 Å². The fourth-order valence-electron chi connectivity index (χ4n) is 3.54. The summed E-state index contributed by atoms with van der Waals surface area (Å²) in [5.74, 6) is -2.67. The van der Waals surface area contributed by atoms with Gasteiger partial charge in [-0.25, -0.2) is 14.0 Å². The Bertz CT molecular complexity index is 974. The quantitative estimate of drug-likeness (QED) is 0.438. The topological polar surface area (TPSA) is 127 Å². The van der Waals surface area contributed by atoms with Crippen molar-refractivity contribution >= 4 is 29.6 Å². The van der Waals surface area contributed by atoms with Gasteiger partial charge in [0, 0.05) is 5.75 Å². The van der Waals surface area contributed by atoms with Crippen LogP contribution in [0.2, 0.25) is 0 Å². The van der Waals surface area contributed by atoms with E-state index in [0.717, 1.165) is 17.2 Å². The van der Waals surface area contributed by atoms with Crippen molar-refractivity contribution in [2.75, 3.05) is 31.4 Å². The molecule has 0 radical (unpaired) electrons. The molecule has 190 valence electrons. The Labute approximate surface area is 200 Å². The molecule has 2 unspecified atom stereocenters. The lowest BCUT2D eigenvalue weighted by molar-refractivity contribution is -0.323. The normalized spacial score (nSPS) is 28.4. The van der Waals surface area contributed by atoms with Gasteiger partial charge in [-0.1, -0.05) is 13.3 Å². The van der Waals surface area contributed by atoms with Crippen LogP contribution in [0, 0.1) is 11.2 Å². The number of hydrogen-bond acceptors (Lipinski definition) is 10. The number of esters is 1. The molecule has 34 heavy (non-hydrogen) atoms. The molecule has 3 rings (SSSR count). The fourth-order valence-corrected chi connectivity index (χ4v) is 4.87. The highest BCUT2D eigenvalue weighted by atomic mass is 32.2. The van der Waals surface area contributed by atoms with Gasteiger partial charge in [0.25, 0.3) is 0 Å². The van der Waals surface area contributed by atoms with Crippen LogP contribution in [0.4, 0.5) is 15.0 Å². The Kier molecular flexibility index (Phi) is 8.22. The van der Waals surface area contributed by atoms with Crippen LogP contribution in [0.5, 0.6) is 0 Å². The Morgan fingerprint density at radius 3 is 2.79 bits per heavy atom. The van der Waals surface area contributed by atoms with Gasteiger partial charge in [0.05, 0.1) is 26.5 Å². The molecule has 0 bridgehead atoms. The molecule has 4 atom stereocenters. The minimum absolute atomic E-state index is 0.0489. The van der Waals surface area contributed by atoms with Crippen molar-refractivity contribution < 1.29 is 37.7 Å². The standard InChI is InChI=1S/C21H30FN3O8S/c1-6-7-8-30-19(28)24-15-12(22)9-25(18(27)23-15)13-10-34-16(32-13)14-21(4,17(26)29-5)11-31-20(2,3)33-14/h9,13-14,16H,6-8,10-11H2,1-5H3,(H,23,24,27,28)/t13-,14?,16+,21?/m1/s1. The summed E-state index contributed by atoms with van der Waals surface area (Å²) < 4.78 is 43.2. The highest BCUT2D eigenvalue weighted by molar-refractivity contribution is 8.00. The van der Waals surface area contributed by atoms with Crippen molar-refractivity contribution in [2.24, 2.45) is 5.41 Å². The predicted octanol–water partition coefficient (Wildman–Crippen LogP) is 2.65. The van der Waals surface area contributed by atoms with Crippen LogP contribution >= 0.6 is 11.8 Å². The molecule has 0 aromatic carbocycles. The summed E-state index contributed by atoms with van der Waals surface area (Å²) >= 11 is 1.31. The van der Waals surface area contributed by atoms with E-state index in [1.807, 2.05) is 6.92 Å². The summed E-state index contributed by atoms with van der Waals surface area (Å²) in [4.78, 5) is 40.5. The molecule has 2 aliphatic rings. The molecule has 1 amide bonds. The van der Waals surface area contributed by atoms with E-state index in [2.05, 4.69) is 10.3 Å². The second-order valence-corrected chi connectivity index (χ2v) is 9.80. The zero-order valence-electron chi connectivity index (χ0n) is 19.8. The highest BCUT2D eigenvalue weighted by Crippen LogP contribution is 2.45. The van der Waals surface area contributed by atoms with E-state index in [-0.39, 0.29) is 19.0 Å². The van der Waals surface area contributed by atoms with Crippen molar-refractivity contribution in [3.63, 3.8) is 0 Å². The van der Waals surface area contributed by atoms with Crippen LogP contribution in [0.1, 0.15) is 46.8 Å². The number of aromatic nitrogens is 2. The maximum atomic E-state index is 14.6. The number of ether oxygens (including phenoxy) is 5. The Balaban J connectivity index is 1.75. The van der Waals surface area contributed by atoms with Gasteiger partial charge in [-0.15, -0.1) is 11.8 Å². The molecule has 0 aliphatic carbocycles. The van der Waals surface area contributed by atoms with Crippen molar-refractivity contribution in [3.8, 4) is 0 Å². The molecule has 13 heteroatoms. The van der Waals surface area contributed by atoms with E-state index in [0.29, 0.717) is 6.42 Å². The van der Waals surface area contributed by atoms with Crippen molar-refractivity contribution in [1.29, 1.82) is 0 Å². The maximum absolute atomic E-state index is 14.6. The summed E-state index contributed by atoms with van der Waals surface area (Å²) in [5.41, 5.74) is -2.64. The van der Waals surface area contributed by atoms with E-state index in [4.69, 9.17) is 23.7 Å². The Hall–Kier alpha value is -2.22. The molecule has 3 heterocycles. The maximum Gasteiger partial charge on any atom is 0.412 e. The second-order valence-electron chi connectivity index (χ2n) is 8.67. The lowest BCUT2D eigenvalue weighted by atomic mass is 9.83. The monoisotopic (exact) mass is 503 g/mol. The van der Waals surface area contributed by atoms with Crippen LogP contribution in [0.15, 0.2) is 11.0 Å². The number of methoxy groups -OCH3 is 1. The first-order valence-corrected chi connectivity index (χ1v) is 12.0. The summed E-state index contributed by atoms with van der Waals surface area (Å²) in [6, 6.07) is 0. The minimum atomic E-state index is -1.16. The molecule has 1 N–H and O–H groups in total. The summed E-state index contributed by atoms with van der Waals surface area (Å²) in [6.45, 7) is 7.25. The van der Waals surface area contributed by atoms with Crippen molar-refractivity contribution in [3.05, 3.63) is 22.5 Å². The van der Waals surface area contributed by atoms with Gasteiger partial charge in [0.15, 0.2) is 17.4 Å². The van der Waals surface area contributed by atoms with Gasteiger partial charge >= 0.3 is 17.8 Å². The lowest BCUT2D eigenvalue weighted by Gasteiger charge is -2.47. The summed E-state index contributed by atoms with van der Waals surface area (Å²) in [5, 5.41) is 2.13. The second kappa shape index (κ2) is 10.6. The number of thioether (sulfide) groups is 1. The minimum Gasteiger partial charge on any atom is -0.468 e. The molecule has 1 aromatic heterocycles. The third kappa shape index (κ3) is 5.70. The molecule has 11 nitrogen and oxygen atoms in total. The van der Waals surface area contributed by atoms with E-state index in [1.54, 1.807) is 20.8 Å². The first-order chi connectivity index (χ1) is 16.0. The number of nitrogens with one attached hydrogen (secondary N) is 1. The zero-order chi connectivity index (χ0) is 25.1. The molecule has 2 saturated heterocycles. The van der Waals surface area contributed by atoms with Gasteiger partial charge in [0.1, 0.15) is 23.2 Å². The number of halogens is 1. The molecular formula is C21H30FN3O8S. The number of unbranched alkanes of at least 4 members (excludes halogenated alkanes) is 1. The number of anilines is 1. The summed E-state index contributed by atoms with van der Waals surface area (Å²) in [6.07, 6.45) is -0.125. The molecule has 2 aliphatic heterocycles. The van der Waals surface area contributed by atoms with Crippen molar-refractivity contribution in [1.82, 2.24) is 9.55 Å². The predicted molar refractivity (Wildman–Crippen MR) is 120 cm³/mol. The fraction of sp³-hybridized carbons (Fsp3) is 0.714. The average Bonchev–Trinajstić information content (AvgIpc) is 3.27. The zero-order valence-corrected chi connectivity index (χ0v) is 20.6. The first-order valence-electron chi connectivity index (χ1n) is 10.9. The number of rotatable bonds is 7. The van der Waals surface area contributed by atoms with Gasteiger partial charge in [-0.3, -0.25) is 14.7 Å². The number of amides is 1. The largest absolute Gasteiger partial charge is 0.468 e. The van der Waals surface area contributed by atoms with Crippen LogP contribution in [-0.4, -0.2) is 65.0 Å².